The molecule has 9 nitrogen and oxygen atoms in total. The van der Waals surface area contributed by atoms with Gasteiger partial charge in [0.25, 0.3) is 0 Å². The number of nitrogens with one attached hydrogen (secondary N) is 2. The molecule has 4 aliphatic carbocycles. The van der Waals surface area contributed by atoms with Gasteiger partial charge < -0.3 is 25.6 Å². The predicted molar refractivity (Wildman–Crippen MR) is 141 cm³/mol. The number of hydrogen-bond donors (Lipinski definition) is 4. The van der Waals surface area contributed by atoms with E-state index in [1.54, 1.807) is 6.07 Å². The molecule has 4 bridgehead atoms. The SMILES string of the molecule is N#Cc1cnc(NCc2ccccc2OC(F)(F)F)nc1NCC12CC3C[C@H](C1)C(N(CCO)CCO)[C@@H](C3)C2. The fourth-order valence-electron chi connectivity index (χ4n) is 7.65. The highest BCUT2D eigenvalue weighted by Crippen LogP contribution is 2.61. The molecular weight excluding hydrogens is 525 g/mol. The minimum absolute atomic E-state index is 0.00609. The fraction of sp³-hybridized carbons (Fsp3) is 0.607. The van der Waals surface area contributed by atoms with Crippen LogP contribution >= 0.6 is 0 Å². The molecule has 1 aromatic heterocycles. The Morgan fingerprint density at radius 3 is 2.42 bits per heavy atom. The number of aliphatic hydroxyl groups excluding tert-OH is 2. The van der Waals surface area contributed by atoms with Crippen LogP contribution in [0.1, 0.15) is 43.2 Å². The molecule has 216 valence electrons. The zero-order valence-corrected chi connectivity index (χ0v) is 22.2. The first-order valence-electron chi connectivity index (χ1n) is 13.8. The van der Waals surface area contributed by atoms with E-state index in [1.807, 2.05) is 0 Å². The molecule has 4 aliphatic rings. The van der Waals surface area contributed by atoms with Gasteiger partial charge in [-0.2, -0.15) is 10.2 Å². The van der Waals surface area contributed by atoms with Crippen LogP contribution < -0.4 is 15.4 Å². The number of nitriles is 1. The van der Waals surface area contributed by atoms with E-state index in [9.17, 15) is 28.6 Å². The number of halogens is 3. The molecule has 12 heteroatoms. The van der Waals surface area contributed by atoms with E-state index in [0.29, 0.717) is 60.4 Å². The van der Waals surface area contributed by atoms with Crippen LogP contribution in [-0.4, -0.2) is 70.3 Å². The topological polar surface area (TPSA) is 127 Å². The lowest BCUT2D eigenvalue weighted by atomic mass is 9.47. The minimum atomic E-state index is -4.80. The highest BCUT2D eigenvalue weighted by Gasteiger charge is 2.56. The summed E-state index contributed by atoms with van der Waals surface area (Å²) in [6.07, 6.45) is 2.14. The van der Waals surface area contributed by atoms with Crippen LogP contribution in [0.15, 0.2) is 30.5 Å². The van der Waals surface area contributed by atoms with Gasteiger partial charge in [-0.05, 0) is 61.3 Å². The van der Waals surface area contributed by atoms with Crippen molar-refractivity contribution in [3.63, 3.8) is 0 Å². The van der Waals surface area contributed by atoms with Gasteiger partial charge in [0, 0.05) is 37.8 Å². The monoisotopic (exact) mass is 560 g/mol. The van der Waals surface area contributed by atoms with Crippen LogP contribution in [0.4, 0.5) is 24.9 Å². The largest absolute Gasteiger partial charge is 0.573 e. The first-order chi connectivity index (χ1) is 19.2. The van der Waals surface area contributed by atoms with E-state index in [-0.39, 0.29) is 36.9 Å². The van der Waals surface area contributed by atoms with Crippen LogP contribution in [0.5, 0.6) is 5.75 Å². The number of para-hydroxylation sites is 1. The Labute approximate surface area is 231 Å². The number of anilines is 2. The quantitative estimate of drug-likeness (QED) is 0.307. The van der Waals surface area contributed by atoms with Crippen LogP contribution in [0.3, 0.4) is 0 Å². The Balaban J connectivity index is 1.26. The second-order valence-electron chi connectivity index (χ2n) is 11.4. The van der Waals surface area contributed by atoms with E-state index < -0.39 is 6.36 Å². The molecule has 1 heterocycles. The third-order valence-electron chi connectivity index (χ3n) is 8.72. The summed E-state index contributed by atoms with van der Waals surface area (Å²) in [5.74, 6) is 1.95. The summed E-state index contributed by atoms with van der Waals surface area (Å²) in [5.41, 5.74) is 0.670. The molecule has 0 aliphatic heterocycles. The Kier molecular flexibility index (Phi) is 8.35. The van der Waals surface area contributed by atoms with E-state index in [0.717, 1.165) is 19.3 Å². The second kappa shape index (κ2) is 11.8. The van der Waals surface area contributed by atoms with Crippen molar-refractivity contribution in [1.82, 2.24) is 14.9 Å². The fourth-order valence-corrected chi connectivity index (χ4v) is 7.65. The van der Waals surface area contributed by atoms with Crippen molar-refractivity contribution in [3.8, 4) is 11.8 Å². The molecule has 6 rings (SSSR count). The standard InChI is InChI=1S/C28H35F3N6O3/c29-28(30,31)40-23-4-2-1-3-19(23)15-33-26-34-16-22(14-32)25(36-26)35-17-27-11-18-9-20(12-27)24(21(10-18)13-27)37(5-7-38)6-8-39/h1-4,16,18,20-21,24,38-39H,5-13,15,17H2,(H2,33,34,35,36)/t18?,20-,21+,24?,27?. The molecule has 0 saturated heterocycles. The van der Waals surface area contributed by atoms with Crippen LogP contribution in [0.25, 0.3) is 0 Å². The average Bonchev–Trinajstić information content (AvgIpc) is 2.90. The van der Waals surface area contributed by atoms with Gasteiger partial charge in [-0.1, -0.05) is 18.2 Å². The number of aromatic nitrogens is 2. The second-order valence-corrected chi connectivity index (χ2v) is 11.4. The molecule has 4 saturated carbocycles. The van der Waals surface area contributed by atoms with Gasteiger partial charge in [0.05, 0.1) is 19.4 Å². The summed E-state index contributed by atoms with van der Waals surface area (Å²) < 4.78 is 42.5. The lowest BCUT2D eigenvalue weighted by Crippen LogP contribution is -2.61. The summed E-state index contributed by atoms with van der Waals surface area (Å²) >= 11 is 0. The van der Waals surface area contributed by atoms with Gasteiger partial charge >= 0.3 is 6.36 Å². The van der Waals surface area contributed by atoms with E-state index in [1.165, 1.54) is 37.2 Å². The Morgan fingerprint density at radius 2 is 1.77 bits per heavy atom. The Hall–Kier alpha value is -3.14. The van der Waals surface area contributed by atoms with Crippen molar-refractivity contribution in [1.29, 1.82) is 5.26 Å². The summed E-state index contributed by atoms with van der Waals surface area (Å²) in [6, 6.07) is 8.36. The van der Waals surface area contributed by atoms with Crippen molar-refractivity contribution >= 4 is 11.8 Å². The molecule has 2 aromatic rings. The van der Waals surface area contributed by atoms with Gasteiger partial charge in [0.1, 0.15) is 23.2 Å². The lowest BCUT2D eigenvalue weighted by molar-refractivity contribution is -0.274. The molecular formula is C28H35F3N6O3. The number of hydrogen-bond acceptors (Lipinski definition) is 9. The number of ether oxygens (including phenoxy) is 1. The van der Waals surface area contributed by atoms with E-state index >= 15 is 0 Å². The summed E-state index contributed by atoms with van der Waals surface area (Å²) in [5, 5.41) is 35.2. The molecule has 40 heavy (non-hydrogen) atoms. The maximum atomic E-state index is 12.8. The molecule has 0 spiro atoms. The van der Waals surface area contributed by atoms with Crippen molar-refractivity contribution in [2.45, 2.75) is 51.1 Å². The number of aliphatic hydroxyl groups is 2. The van der Waals surface area contributed by atoms with Crippen molar-refractivity contribution in [3.05, 3.63) is 41.6 Å². The number of benzene rings is 1. The maximum absolute atomic E-state index is 12.8. The maximum Gasteiger partial charge on any atom is 0.573 e. The molecule has 0 amide bonds. The third kappa shape index (κ3) is 6.27. The molecule has 4 N–H and O–H groups in total. The number of nitrogens with zero attached hydrogens (tertiary/aromatic N) is 4. The summed E-state index contributed by atoms with van der Waals surface area (Å²) in [6.45, 7) is 1.97. The normalized spacial score (nSPS) is 27.0. The van der Waals surface area contributed by atoms with Gasteiger partial charge in [0.15, 0.2) is 0 Å². The van der Waals surface area contributed by atoms with Crippen LogP contribution in [0.2, 0.25) is 0 Å². The first kappa shape index (κ1) is 28.4. The van der Waals surface area contributed by atoms with Crippen molar-refractivity contribution in [2.24, 2.45) is 23.2 Å². The number of alkyl halides is 3. The summed E-state index contributed by atoms with van der Waals surface area (Å²) in [4.78, 5) is 10.9. The zero-order valence-electron chi connectivity index (χ0n) is 22.2. The number of rotatable bonds is 12. The minimum Gasteiger partial charge on any atom is -0.405 e. The summed E-state index contributed by atoms with van der Waals surface area (Å²) in [7, 11) is 0. The van der Waals surface area contributed by atoms with Gasteiger partial charge in [-0.25, -0.2) is 4.98 Å². The molecule has 5 atom stereocenters. The average molecular weight is 561 g/mol. The highest BCUT2D eigenvalue weighted by atomic mass is 19.4. The molecule has 3 unspecified atom stereocenters. The molecule has 4 fully saturated rings. The molecule has 0 radical (unpaired) electrons. The smallest absolute Gasteiger partial charge is 0.405 e. The van der Waals surface area contributed by atoms with Crippen molar-refractivity contribution in [2.75, 3.05) is 43.5 Å². The zero-order chi connectivity index (χ0) is 28.3. The highest BCUT2D eigenvalue weighted by molar-refractivity contribution is 5.53. The van der Waals surface area contributed by atoms with Gasteiger partial charge in [-0.3, -0.25) is 4.90 Å². The Morgan fingerprint density at radius 1 is 1.07 bits per heavy atom. The van der Waals surface area contributed by atoms with Crippen molar-refractivity contribution < 1.29 is 28.1 Å². The Bertz CT molecular complexity index is 1200. The van der Waals surface area contributed by atoms with Gasteiger partial charge in [0.2, 0.25) is 5.95 Å². The van der Waals surface area contributed by atoms with Gasteiger partial charge in [-0.15, -0.1) is 13.2 Å². The molecule has 1 aromatic carbocycles. The van der Waals surface area contributed by atoms with Crippen LogP contribution in [0, 0.1) is 34.5 Å². The van der Waals surface area contributed by atoms with Crippen LogP contribution in [-0.2, 0) is 6.54 Å². The van der Waals surface area contributed by atoms with E-state index in [2.05, 4.69) is 36.3 Å². The first-order valence-corrected chi connectivity index (χ1v) is 13.8. The third-order valence-corrected chi connectivity index (χ3v) is 8.72. The lowest BCUT2D eigenvalue weighted by Gasteiger charge is -2.62. The predicted octanol–water partition coefficient (Wildman–Crippen LogP) is 3.75. The van der Waals surface area contributed by atoms with E-state index in [4.69, 9.17) is 0 Å².